The van der Waals surface area contributed by atoms with E-state index in [9.17, 15) is 9.59 Å². The lowest BCUT2D eigenvalue weighted by Crippen LogP contribution is -2.17. The summed E-state index contributed by atoms with van der Waals surface area (Å²) < 4.78 is 10.7. The number of para-hydroxylation sites is 1. The lowest BCUT2D eigenvalue weighted by atomic mass is 10.0. The molecule has 0 saturated carbocycles. The lowest BCUT2D eigenvalue weighted by Gasteiger charge is -2.09. The molecule has 208 valence electrons. The van der Waals surface area contributed by atoms with Crippen molar-refractivity contribution < 1.29 is 19.1 Å². The quantitative estimate of drug-likeness (QED) is 0.0827. The first-order valence-corrected chi connectivity index (χ1v) is 14.3. The van der Waals surface area contributed by atoms with Crippen molar-refractivity contribution in [3.63, 3.8) is 0 Å². The maximum Gasteiger partial charge on any atom is 0.337 e. The minimum absolute atomic E-state index is 0.0616. The molecule has 0 aliphatic heterocycles. The van der Waals surface area contributed by atoms with Gasteiger partial charge in [0.1, 0.15) is 12.4 Å². The van der Waals surface area contributed by atoms with E-state index in [1.54, 1.807) is 18.3 Å². The molecule has 0 aromatic heterocycles. The van der Waals surface area contributed by atoms with Crippen molar-refractivity contribution >= 4 is 18.1 Å². The zero-order valence-corrected chi connectivity index (χ0v) is 23.4. The van der Waals surface area contributed by atoms with E-state index in [1.807, 2.05) is 36.4 Å². The summed E-state index contributed by atoms with van der Waals surface area (Å²) in [6.07, 6.45) is 18.8. The third-order valence-corrected chi connectivity index (χ3v) is 6.59. The van der Waals surface area contributed by atoms with Crippen molar-refractivity contribution in [3.8, 4) is 5.75 Å². The van der Waals surface area contributed by atoms with Crippen molar-refractivity contribution in [2.24, 2.45) is 5.10 Å². The first kappa shape index (κ1) is 31.1. The van der Waals surface area contributed by atoms with E-state index in [1.165, 1.54) is 77.7 Å². The van der Waals surface area contributed by atoms with Crippen molar-refractivity contribution in [2.75, 3.05) is 7.11 Å². The molecule has 0 fully saturated rings. The highest BCUT2D eigenvalue weighted by Gasteiger charge is 2.06. The van der Waals surface area contributed by atoms with E-state index >= 15 is 0 Å². The number of amides is 1. The molecule has 2 aromatic rings. The molecule has 2 aromatic carbocycles. The number of hydrazone groups is 1. The van der Waals surface area contributed by atoms with Gasteiger partial charge in [0, 0.05) is 12.0 Å². The molecule has 1 N–H and O–H groups in total. The van der Waals surface area contributed by atoms with Crippen LogP contribution >= 0.6 is 0 Å². The van der Waals surface area contributed by atoms with E-state index in [4.69, 9.17) is 9.47 Å². The van der Waals surface area contributed by atoms with Gasteiger partial charge in [0.05, 0.1) is 18.9 Å². The van der Waals surface area contributed by atoms with Crippen LogP contribution in [0.15, 0.2) is 53.6 Å². The monoisotopic (exact) mass is 522 g/mol. The summed E-state index contributed by atoms with van der Waals surface area (Å²) in [7, 11) is 1.36. The number of carbonyl (C=O) groups is 2. The van der Waals surface area contributed by atoms with E-state index in [-0.39, 0.29) is 11.9 Å². The van der Waals surface area contributed by atoms with Gasteiger partial charge in [-0.05, 0) is 36.2 Å². The molecule has 0 saturated heterocycles. The van der Waals surface area contributed by atoms with Crippen molar-refractivity contribution in [2.45, 2.75) is 103 Å². The fourth-order valence-corrected chi connectivity index (χ4v) is 4.27. The van der Waals surface area contributed by atoms with Crippen LogP contribution in [0.1, 0.15) is 118 Å². The zero-order valence-electron chi connectivity index (χ0n) is 23.4. The first-order chi connectivity index (χ1) is 18.6. The van der Waals surface area contributed by atoms with Crippen LogP contribution < -0.4 is 10.2 Å². The van der Waals surface area contributed by atoms with Crippen LogP contribution in [0.5, 0.6) is 5.75 Å². The number of nitrogens with one attached hydrogen (secondary N) is 1. The van der Waals surface area contributed by atoms with Crippen molar-refractivity contribution in [3.05, 3.63) is 65.2 Å². The van der Waals surface area contributed by atoms with Gasteiger partial charge in [-0.3, -0.25) is 4.79 Å². The Bertz CT molecular complexity index is 956. The Hall–Kier alpha value is -3.15. The number of unbranched alkanes of at least 4 members (excludes halogenated alkanes) is 12. The Morgan fingerprint density at radius 1 is 0.789 bits per heavy atom. The number of methoxy groups -OCH3 is 1. The van der Waals surface area contributed by atoms with E-state index in [0.717, 1.165) is 24.0 Å². The number of rotatable bonds is 20. The van der Waals surface area contributed by atoms with Crippen molar-refractivity contribution in [1.82, 2.24) is 5.43 Å². The highest BCUT2D eigenvalue weighted by molar-refractivity contribution is 5.89. The van der Waals surface area contributed by atoms with Crippen LogP contribution in [0, 0.1) is 0 Å². The van der Waals surface area contributed by atoms with Crippen LogP contribution in [0.25, 0.3) is 0 Å². The molecule has 0 heterocycles. The summed E-state index contributed by atoms with van der Waals surface area (Å²) in [5.41, 5.74) is 4.83. The largest absolute Gasteiger partial charge is 0.488 e. The van der Waals surface area contributed by atoms with Gasteiger partial charge >= 0.3 is 5.97 Å². The molecule has 0 bridgehead atoms. The Balaban J connectivity index is 1.58. The van der Waals surface area contributed by atoms with Crippen LogP contribution in [0.4, 0.5) is 0 Å². The predicted molar refractivity (Wildman–Crippen MR) is 155 cm³/mol. The number of benzene rings is 2. The Morgan fingerprint density at radius 2 is 1.37 bits per heavy atom. The summed E-state index contributed by atoms with van der Waals surface area (Å²) in [6, 6.07) is 14.6. The van der Waals surface area contributed by atoms with Crippen LogP contribution in [-0.2, 0) is 16.1 Å². The van der Waals surface area contributed by atoms with Gasteiger partial charge in [-0.15, -0.1) is 0 Å². The third-order valence-electron chi connectivity index (χ3n) is 6.59. The van der Waals surface area contributed by atoms with E-state index in [0.29, 0.717) is 24.3 Å². The fraction of sp³-hybridized carbons (Fsp3) is 0.531. The van der Waals surface area contributed by atoms with E-state index < -0.39 is 0 Å². The number of esters is 1. The van der Waals surface area contributed by atoms with Gasteiger partial charge in [-0.1, -0.05) is 108 Å². The molecule has 0 aliphatic carbocycles. The maximum absolute atomic E-state index is 12.1. The van der Waals surface area contributed by atoms with Gasteiger partial charge in [-0.2, -0.15) is 5.10 Å². The topological polar surface area (TPSA) is 77.0 Å². The lowest BCUT2D eigenvalue weighted by molar-refractivity contribution is -0.121. The molecule has 0 atom stereocenters. The van der Waals surface area contributed by atoms with Gasteiger partial charge < -0.3 is 9.47 Å². The average Bonchev–Trinajstić information content (AvgIpc) is 2.95. The normalized spacial score (nSPS) is 11.0. The zero-order chi connectivity index (χ0) is 27.3. The summed E-state index contributed by atoms with van der Waals surface area (Å²) in [6.45, 7) is 2.61. The Labute approximate surface area is 229 Å². The highest BCUT2D eigenvalue weighted by atomic mass is 16.5. The number of carbonyl (C=O) groups excluding carboxylic acids is 2. The predicted octanol–water partition coefficient (Wildman–Crippen LogP) is 7.98. The molecular formula is C32H46N2O4. The maximum atomic E-state index is 12.1. The molecule has 0 aliphatic rings. The molecule has 0 spiro atoms. The van der Waals surface area contributed by atoms with E-state index in [2.05, 4.69) is 17.5 Å². The number of ether oxygens (including phenoxy) is 2. The average molecular weight is 523 g/mol. The standard InChI is InChI=1S/C32H46N2O4/c1-3-4-5-6-7-8-9-10-11-12-13-14-15-20-31(35)34-33-25-29-18-16-17-19-30(29)38-26-27-21-23-28(24-22-27)32(36)37-2/h16-19,21-25H,3-15,20,26H2,1-2H3,(H,34,35). The highest BCUT2D eigenvalue weighted by Crippen LogP contribution is 2.18. The Morgan fingerprint density at radius 3 is 1.97 bits per heavy atom. The first-order valence-electron chi connectivity index (χ1n) is 14.3. The van der Waals surface area contributed by atoms with Gasteiger partial charge in [-0.25, -0.2) is 10.2 Å². The second-order valence-corrected chi connectivity index (χ2v) is 9.80. The second-order valence-electron chi connectivity index (χ2n) is 9.80. The minimum Gasteiger partial charge on any atom is -0.488 e. The van der Waals surface area contributed by atoms with Crippen LogP contribution in [-0.4, -0.2) is 25.2 Å². The van der Waals surface area contributed by atoms with Crippen LogP contribution in [0.2, 0.25) is 0 Å². The van der Waals surface area contributed by atoms with Gasteiger partial charge in [0.2, 0.25) is 5.91 Å². The second kappa shape index (κ2) is 19.9. The molecule has 0 radical (unpaired) electrons. The van der Waals surface area contributed by atoms with Crippen LogP contribution in [0.3, 0.4) is 0 Å². The molecule has 6 heteroatoms. The third kappa shape index (κ3) is 13.4. The fourth-order valence-electron chi connectivity index (χ4n) is 4.27. The smallest absolute Gasteiger partial charge is 0.337 e. The number of hydrogen-bond donors (Lipinski definition) is 1. The summed E-state index contributed by atoms with van der Waals surface area (Å²) in [5, 5.41) is 4.12. The molecule has 2 rings (SSSR count). The van der Waals surface area contributed by atoms with Crippen molar-refractivity contribution in [1.29, 1.82) is 0 Å². The number of nitrogens with zero attached hydrogens (tertiary/aromatic N) is 1. The molecule has 6 nitrogen and oxygen atoms in total. The SMILES string of the molecule is CCCCCCCCCCCCCCCC(=O)NN=Cc1ccccc1OCc1ccc(C(=O)OC)cc1. The molecule has 38 heavy (non-hydrogen) atoms. The molecule has 1 amide bonds. The summed E-state index contributed by atoms with van der Waals surface area (Å²) in [5.74, 6) is 0.239. The summed E-state index contributed by atoms with van der Waals surface area (Å²) >= 11 is 0. The Kier molecular flexibility index (Phi) is 16.3. The van der Waals surface area contributed by atoms with Gasteiger partial charge in [0.15, 0.2) is 0 Å². The van der Waals surface area contributed by atoms with Gasteiger partial charge in [0.25, 0.3) is 0 Å². The number of hydrogen-bond acceptors (Lipinski definition) is 5. The minimum atomic E-state index is -0.366. The summed E-state index contributed by atoms with van der Waals surface area (Å²) in [4.78, 5) is 23.7. The molecule has 0 unspecified atom stereocenters. The molecular weight excluding hydrogens is 476 g/mol.